The van der Waals surface area contributed by atoms with Gasteiger partial charge in [0.25, 0.3) is 0 Å². The number of hydrogen-bond acceptors (Lipinski definition) is 5. The number of anilines is 1. The largest absolute Gasteiger partial charge is 0.454 e. The van der Waals surface area contributed by atoms with Crippen LogP contribution >= 0.6 is 11.6 Å². The molecule has 8 heteroatoms. The van der Waals surface area contributed by atoms with Crippen molar-refractivity contribution in [1.82, 2.24) is 9.97 Å². The minimum Gasteiger partial charge on any atom is -0.454 e. The third-order valence-electron chi connectivity index (χ3n) is 4.02. The van der Waals surface area contributed by atoms with Crippen molar-refractivity contribution in [2.75, 3.05) is 25.8 Å². The van der Waals surface area contributed by atoms with E-state index in [1.807, 2.05) is 37.2 Å². The van der Waals surface area contributed by atoms with Gasteiger partial charge in [0.1, 0.15) is 0 Å². The Balaban J connectivity index is 1.67. The van der Waals surface area contributed by atoms with Gasteiger partial charge < -0.3 is 19.4 Å². The first-order valence-electron chi connectivity index (χ1n) is 7.65. The van der Waals surface area contributed by atoms with Crippen molar-refractivity contribution in [3.8, 4) is 11.5 Å². The Morgan fingerprint density at radius 1 is 1.28 bits per heavy atom. The van der Waals surface area contributed by atoms with Crippen LogP contribution in [0.2, 0.25) is 5.02 Å². The summed E-state index contributed by atoms with van der Waals surface area (Å²) < 4.78 is 23.6. The first-order chi connectivity index (χ1) is 12.0. The molecule has 0 bridgehead atoms. The quantitative estimate of drug-likeness (QED) is 0.755. The highest BCUT2D eigenvalue weighted by Gasteiger charge is 2.19. The van der Waals surface area contributed by atoms with Crippen molar-refractivity contribution in [3.05, 3.63) is 40.9 Å². The van der Waals surface area contributed by atoms with Gasteiger partial charge in [-0.05, 0) is 12.1 Å². The number of fused-ring (bicyclic) bond motifs is 2. The topological polar surface area (TPSA) is 67.5 Å². The van der Waals surface area contributed by atoms with Crippen LogP contribution in [0, 0.1) is 0 Å². The van der Waals surface area contributed by atoms with Crippen molar-refractivity contribution in [3.63, 3.8) is 0 Å². The van der Waals surface area contributed by atoms with Crippen molar-refractivity contribution in [2.24, 2.45) is 0 Å². The normalized spacial score (nSPS) is 14.0. The van der Waals surface area contributed by atoms with E-state index >= 15 is 0 Å². The number of nitrogens with zero attached hydrogens (tertiary/aromatic N) is 2. The molecule has 1 aliphatic rings. The lowest BCUT2D eigenvalue weighted by Gasteiger charge is -2.18. The number of hydrogen-bond donors (Lipinski definition) is 1. The van der Waals surface area contributed by atoms with Crippen LogP contribution in [-0.4, -0.2) is 35.1 Å². The molecule has 0 aliphatic carbocycles. The molecule has 1 atom stereocenters. The lowest BCUT2D eigenvalue weighted by atomic mass is 10.2. The highest BCUT2D eigenvalue weighted by molar-refractivity contribution is 7.84. The van der Waals surface area contributed by atoms with E-state index < -0.39 is 10.8 Å². The van der Waals surface area contributed by atoms with E-state index in [-0.39, 0.29) is 12.5 Å². The summed E-state index contributed by atoms with van der Waals surface area (Å²) in [5, 5.41) is 1.000. The maximum Gasteiger partial charge on any atom is 0.231 e. The molecule has 25 heavy (non-hydrogen) atoms. The first kappa shape index (κ1) is 16.2. The number of rotatable bonds is 4. The predicted molar refractivity (Wildman–Crippen MR) is 98.1 cm³/mol. The summed E-state index contributed by atoms with van der Waals surface area (Å²) in [6.45, 7) is 0.209. The SMILES string of the molecule is CN(C)c1cccc(Cl)c1CS(=O)c1nc2cc3c(cc2[nH]1)OCO3. The predicted octanol–water partition coefficient (Wildman–Crippen LogP) is 3.32. The molecule has 0 fully saturated rings. The van der Waals surface area contributed by atoms with Gasteiger partial charge in [-0.1, -0.05) is 17.7 Å². The van der Waals surface area contributed by atoms with E-state index in [2.05, 4.69) is 9.97 Å². The van der Waals surface area contributed by atoms with Crippen molar-refractivity contribution >= 4 is 39.1 Å². The van der Waals surface area contributed by atoms with Gasteiger partial charge >= 0.3 is 0 Å². The summed E-state index contributed by atoms with van der Waals surface area (Å²) in [7, 11) is 2.50. The molecule has 0 spiro atoms. The molecule has 0 saturated heterocycles. The number of H-pyrrole nitrogens is 1. The van der Waals surface area contributed by atoms with E-state index in [4.69, 9.17) is 21.1 Å². The van der Waals surface area contributed by atoms with Crippen molar-refractivity contribution in [2.45, 2.75) is 10.9 Å². The average Bonchev–Trinajstić information content (AvgIpc) is 3.19. The van der Waals surface area contributed by atoms with Gasteiger partial charge in [-0.25, -0.2) is 4.98 Å². The van der Waals surface area contributed by atoms with Gasteiger partial charge in [0.05, 0.1) is 27.6 Å². The van der Waals surface area contributed by atoms with Crippen LogP contribution in [-0.2, 0) is 16.6 Å². The Hall–Kier alpha value is -2.25. The molecular weight excluding hydrogens is 362 g/mol. The molecule has 3 aromatic rings. The molecule has 2 aromatic carbocycles. The highest BCUT2D eigenvalue weighted by atomic mass is 35.5. The van der Waals surface area contributed by atoms with Gasteiger partial charge in [0, 0.05) is 42.5 Å². The Morgan fingerprint density at radius 2 is 2.04 bits per heavy atom. The fourth-order valence-electron chi connectivity index (χ4n) is 2.79. The molecular formula is C17H16ClN3O3S. The molecule has 1 aliphatic heterocycles. The Labute approximate surface area is 152 Å². The number of aromatic amines is 1. The summed E-state index contributed by atoms with van der Waals surface area (Å²) in [4.78, 5) is 9.51. The van der Waals surface area contributed by atoms with Crippen LogP contribution in [0.15, 0.2) is 35.5 Å². The summed E-state index contributed by atoms with van der Waals surface area (Å²) in [6.07, 6.45) is 0. The Kier molecular flexibility index (Phi) is 4.05. The summed E-state index contributed by atoms with van der Waals surface area (Å²) in [5.74, 6) is 1.59. The Bertz CT molecular complexity index is 946. The zero-order chi connectivity index (χ0) is 17.6. The van der Waals surface area contributed by atoms with Crippen LogP contribution < -0.4 is 14.4 Å². The van der Waals surface area contributed by atoms with E-state index in [1.54, 1.807) is 12.1 Å². The van der Waals surface area contributed by atoms with Crippen LogP contribution in [0.5, 0.6) is 11.5 Å². The van der Waals surface area contributed by atoms with Gasteiger partial charge in [-0.2, -0.15) is 0 Å². The van der Waals surface area contributed by atoms with Gasteiger partial charge in [0.15, 0.2) is 16.7 Å². The molecule has 0 radical (unpaired) electrons. The summed E-state index contributed by atoms with van der Waals surface area (Å²) in [6, 6.07) is 9.24. The summed E-state index contributed by atoms with van der Waals surface area (Å²) >= 11 is 6.33. The maximum atomic E-state index is 12.8. The van der Waals surface area contributed by atoms with E-state index in [9.17, 15) is 4.21 Å². The molecule has 1 aromatic heterocycles. The van der Waals surface area contributed by atoms with Gasteiger partial charge in [-0.3, -0.25) is 4.21 Å². The fourth-order valence-corrected chi connectivity index (χ4v) is 4.23. The van der Waals surface area contributed by atoms with Crippen LogP contribution in [0.25, 0.3) is 11.0 Å². The minimum absolute atomic E-state index is 0.209. The molecule has 130 valence electrons. The van der Waals surface area contributed by atoms with E-state index in [0.29, 0.717) is 27.2 Å². The second-order valence-corrected chi connectivity index (χ2v) is 7.66. The monoisotopic (exact) mass is 377 g/mol. The molecule has 1 N–H and O–H groups in total. The number of benzene rings is 2. The fraction of sp³-hybridized carbons (Fsp3) is 0.235. The van der Waals surface area contributed by atoms with Crippen LogP contribution in [0.4, 0.5) is 5.69 Å². The number of imidazole rings is 1. The molecule has 0 amide bonds. The number of aromatic nitrogens is 2. The number of nitrogens with one attached hydrogen (secondary N) is 1. The standard InChI is InChI=1S/C17H16ClN3O3S/c1-21(2)14-5-3-4-11(18)10(14)8-25(22)17-19-12-6-15-16(24-9-23-15)7-13(12)20-17/h3-7H,8-9H2,1-2H3,(H,19,20). The van der Waals surface area contributed by atoms with Gasteiger partial charge in [0.2, 0.25) is 6.79 Å². The second-order valence-electron chi connectivity index (χ2n) is 5.89. The molecule has 0 saturated carbocycles. The number of halogens is 1. The first-order valence-corrected chi connectivity index (χ1v) is 9.35. The average molecular weight is 378 g/mol. The van der Waals surface area contributed by atoms with E-state index in [1.165, 1.54) is 0 Å². The van der Waals surface area contributed by atoms with E-state index in [0.717, 1.165) is 16.8 Å². The Morgan fingerprint density at radius 3 is 2.80 bits per heavy atom. The van der Waals surface area contributed by atoms with Crippen molar-refractivity contribution < 1.29 is 13.7 Å². The third kappa shape index (κ3) is 2.94. The van der Waals surface area contributed by atoms with Crippen LogP contribution in [0.3, 0.4) is 0 Å². The van der Waals surface area contributed by atoms with Gasteiger partial charge in [-0.15, -0.1) is 0 Å². The highest BCUT2D eigenvalue weighted by Crippen LogP contribution is 2.36. The third-order valence-corrected chi connectivity index (χ3v) is 5.55. The summed E-state index contributed by atoms with van der Waals surface area (Å²) in [5.41, 5.74) is 3.24. The second kappa shape index (κ2) is 6.24. The number of ether oxygens (including phenoxy) is 2. The molecule has 6 nitrogen and oxygen atoms in total. The smallest absolute Gasteiger partial charge is 0.231 e. The molecule has 2 heterocycles. The molecule has 1 unspecified atom stereocenters. The lowest BCUT2D eigenvalue weighted by Crippen LogP contribution is -2.12. The van der Waals surface area contributed by atoms with Crippen molar-refractivity contribution in [1.29, 1.82) is 0 Å². The lowest BCUT2D eigenvalue weighted by molar-refractivity contribution is 0.174. The zero-order valence-corrected chi connectivity index (χ0v) is 15.3. The molecule has 4 rings (SSSR count). The maximum absolute atomic E-state index is 12.8. The zero-order valence-electron chi connectivity index (χ0n) is 13.7. The minimum atomic E-state index is -1.36. The van der Waals surface area contributed by atoms with Crippen LogP contribution in [0.1, 0.15) is 5.56 Å².